The molecule has 1 aromatic heterocycles. The zero-order chi connectivity index (χ0) is 16.8. The van der Waals surface area contributed by atoms with Gasteiger partial charge in [-0.25, -0.2) is 4.98 Å². The van der Waals surface area contributed by atoms with Gasteiger partial charge in [-0.1, -0.05) is 42.5 Å². The first-order valence-corrected chi connectivity index (χ1v) is 8.83. The smallest absolute Gasteiger partial charge is 0.227 e. The molecular weight excluding hydrogens is 318 g/mol. The van der Waals surface area contributed by atoms with E-state index in [2.05, 4.69) is 22.4 Å². The van der Waals surface area contributed by atoms with E-state index in [1.165, 1.54) is 0 Å². The molecule has 2 aromatic carbocycles. The maximum atomic E-state index is 12.1. The van der Waals surface area contributed by atoms with E-state index in [0.717, 1.165) is 22.3 Å². The van der Waals surface area contributed by atoms with Crippen molar-refractivity contribution in [1.29, 1.82) is 0 Å². The van der Waals surface area contributed by atoms with Crippen LogP contribution in [-0.2, 0) is 11.8 Å². The summed E-state index contributed by atoms with van der Waals surface area (Å²) in [5.41, 5.74) is 3.05. The van der Waals surface area contributed by atoms with Crippen LogP contribution in [0.2, 0.25) is 0 Å². The van der Waals surface area contributed by atoms with Crippen LogP contribution in [0.25, 0.3) is 17.1 Å². The van der Waals surface area contributed by atoms with Crippen LogP contribution in [0.15, 0.2) is 60.0 Å². The van der Waals surface area contributed by atoms with Gasteiger partial charge in [0.05, 0.1) is 11.0 Å². The Hall–Kier alpha value is -2.53. The number of carbonyl (C=O) groups is 1. The number of fused-ring (bicyclic) bond motifs is 1. The highest BCUT2D eigenvalue weighted by Crippen LogP contribution is 2.18. The predicted molar refractivity (Wildman–Crippen MR) is 102 cm³/mol. The second-order valence-electron chi connectivity index (χ2n) is 5.37. The minimum absolute atomic E-state index is 0.0194. The van der Waals surface area contributed by atoms with Crippen molar-refractivity contribution in [3.63, 3.8) is 0 Å². The zero-order valence-electron chi connectivity index (χ0n) is 13.5. The third kappa shape index (κ3) is 4.06. The van der Waals surface area contributed by atoms with E-state index in [-0.39, 0.29) is 5.91 Å². The molecule has 0 bridgehead atoms. The van der Waals surface area contributed by atoms with Crippen molar-refractivity contribution in [3.05, 3.63) is 65.6 Å². The highest BCUT2D eigenvalue weighted by atomic mass is 32.2. The SMILES string of the molecule is Cn1c(NC(=O)CCS/C=C\c2ccccc2)nc2ccccc21. The minimum atomic E-state index is -0.0194. The lowest BCUT2D eigenvalue weighted by molar-refractivity contribution is -0.115. The van der Waals surface area contributed by atoms with Gasteiger partial charge < -0.3 is 4.57 Å². The first-order valence-electron chi connectivity index (χ1n) is 7.78. The van der Waals surface area contributed by atoms with E-state index in [4.69, 9.17) is 0 Å². The number of imidazole rings is 1. The largest absolute Gasteiger partial charge is 0.313 e. The number of aryl methyl sites for hydroxylation is 1. The number of thioether (sulfide) groups is 1. The Morgan fingerprint density at radius 2 is 1.92 bits per heavy atom. The van der Waals surface area contributed by atoms with Crippen molar-refractivity contribution in [2.24, 2.45) is 7.05 Å². The summed E-state index contributed by atoms with van der Waals surface area (Å²) >= 11 is 1.63. The van der Waals surface area contributed by atoms with Crippen LogP contribution in [0.5, 0.6) is 0 Å². The normalized spacial score (nSPS) is 11.2. The van der Waals surface area contributed by atoms with Crippen LogP contribution < -0.4 is 5.32 Å². The van der Waals surface area contributed by atoms with Gasteiger partial charge in [-0.05, 0) is 29.2 Å². The highest BCUT2D eigenvalue weighted by molar-refractivity contribution is 8.02. The second-order valence-corrected chi connectivity index (χ2v) is 6.38. The lowest BCUT2D eigenvalue weighted by Crippen LogP contribution is -2.15. The van der Waals surface area contributed by atoms with Crippen LogP contribution in [0.4, 0.5) is 5.95 Å². The Bertz CT molecular complexity index is 855. The summed E-state index contributed by atoms with van der Waals surface area (Å²) in [6, 6.07) is 17.9. The number of nitrogens with zero attached hydrogens (tertiary/aromatic N) is 2. The zero-order valence-corrected chi connectivity index (χ0v) is 14.3. The maximum absolute atomic E-state index is 12.1. The average Bonchev–Trinajstić information content (AvgIpc) is 2.92. The number of benzene rings is 2. The molecule has 4 nitrogen and oxygen atoms in total. The molecular formula is C19H19N3OS. The highest BCUT2D eigenvalue weighted by Gasteiger charge is 2.09. The van der Waals surface area contributed by atoms with Crippen molar-refractivity contribution in [3.8, 4) is 0 Å². The molecule has 1 amide bonds. The third-order valence-corrected chi connectivity index (χ3v) is 4.41. The molecule has 0 atom stereocenters. The van der Waals surface area contributed by atoms with E-state index < -0.39 is 0 Å². The van der Waals surface area contributed by atoms with Gasteiger partial charge in [0, 0.05) is 19.2 Å². The lowest BCUT2D eigenvalue weighted by atomic mass is 10.2. The van der Waals surface area contributed by atoms with E-state index in [1.54, 1.807) is 11.8 Å². The molecule has 5 heteroatoms. The molecule has 0 radical (unpaired) electrons. The summed E-state index contributed by atoms with van der Waals surface area (Å²) in [7, 11) is 1.91. The number of hydrogen-bond donors (Lipinski definition) is 1. The summed E-state index contributed by atoms with van der Waals surface area (Å²) in [5, 5.41) is 4.91. The fourth-order valence-corrected chi connectivity index (χ4v) is 3.05. The molecule has 3 aromatic rings. The Morgan fingerprint density at radius 1 is 1.17 bits per heavy atom. The molecule has 1 N–H and O–H groups in total. The van der Waals surface area contributed by atoms with Crippen molar-refractivity contribution in [2.75, 3.05) is 11.1 Å². The van der Waals surface area contributed by atoms with Gasteiger partial charge >= 0.3 is 0 Å². The fraction of sp³-hybridized carbons (Fsp3) is 0.158. The van der Waals surface area contributed by atoms with Crippen molar-refractivity contribution in [1.82, 2.24) is 9.55 Å². The number of carbonyl (C=O) groups excluding carboxylic acids is 1. The Morgan fingerprint density at radius 3 is 2.71 bits per heavy atom. The van der Waals surface area contributed by atoms with Gasteiger partial charge in [0.2, 0.25) is 11.9 Å². The van der Waals surface area contributed by atoms with Gasteiger partial charge in [0.15, 0.2) is 0 Å². The molecule has 0 saturated heterocycles. The quantitative estimate of drug-likeness (QED) is 0.682. The molecule has 0 aliphatic rings. The predicted octanol–water partition coefficient (Wildman–Crippen LogP) is 4.31. The van der Waals surface area contributed by atoms with Crippen molar-refractivity contribution >= 4 is 40.7 Å². The Kier molecular flexibility index (Phi) is 5.33. The summed E-state index contributed by atoms with van der Waals surface area (Å²) in [6.45, 7) is 0. The molecule has 122 valence electrons. The van der Waals surface area contributed by atoms with Gasteiger partial charge in [0.1, 0.15) is 0 Å². The number of anilines is 1. The molecule has 0 spiro atoms. The number of rotatable bonds is 6. The lowest BCUT2D eigenvalue weighted by Gasteiger charge is -2.04. The van der Waals surface area contributed by atoms with E-state index in [0.29, 0.717) is 12.4 Å². The molecule has 0 aliphatic carbocycles. The molecule has 0 fully saturated rings. The molecule has 3 rings (SSSR count). The molecule has 0 unspecified atom stereocenters. The molecule has 24 heavy (non-hydrogen) atoms. The summed E-state index contributed by atoms with van der Waals surface area (Å²) in [4.78, 5) is 16.5. The van der Waals surface area contributed by atoms with Gasteiger partial charge in [-0.15, -0.1) is 11.8 Å². The number of nitrogens with one attached hydrogen (secondary N) is 1. The van der Waals surface area contributed by atoms with E-state index in [1.807, 2.05) is 65.6 Å². The first-order chi connectivity index (χ1) is 11.7. The minimum Gasteiger partial charge on any atom is -0.313 e. The van der Waals surface area contributed by atoms with Gasteiger partial charge in [-0.3, -0.25) is 10.1 Å². The molecule has 0 aliphatic heterocycles. The maximum Gasteiger partial charge on any atom is 0.227 e. The van der Waals surface area contributed by atoms with E-state index in [9.17, 15) is 4.79 Å². The number of para-hydroxylation sites is 2. The van der Waals surface area contributed by atoms with Crippen LogP contribution in [-0.4, -0.2) is 21.2 Å². The number of hydrogen-bond acceptors (Lipinski definition) is 3. The fourth-order valence-electron chi connectivity index (χ4n) is 2.36. The first kappa shape index (κ1) is 16.3. The van der Waals surface area contributed by atoms with E-state index >= 15 is 0 Å². The second kappa shape index (κ2) is 7.84. The van der Waals surface area contributed by atoms with Crippen LogP contribution in [0.1, 0.15) is 12.0 Å². The third-order valence-electron chi connectivity index (χ3n) is 3.64. The number of amides is 1. The van der Waals surface area contributed by atoms with Crippen LogP contribution in [0, 0.1) is 0 Å². The summed E-state index contributed by atoms with van der Waals surface area (Å²) in [6.07, 6.45) is 2.50. The average molecular weight is 337 g/mol. The summed E-state index contributed by atoms with van der Waals surface area (Å²) in [5.74, 6) is 1.30. The summed E-state index contributed by atoms with van der Waals surface area (Å²) < 4.78 is 1.90. The Labute approximate surface area is 145 Å². The number of aromatic nitrogens is 2. The monoisotopic (exact) mass is 337 g/mol. The van der Waals surface area contributed by atoms with Crippen LogP contribution >= 0.6 is 11.8 Å². The van der Waals surface area contributed by atoms with Gasteiger partial charge in [-0.2, -0.15) is 0 Å². The topological polar surface area (TPSA) is 46.9 Å². The van der Waals surface area contributed by atoms with Crippen molar-refractivity contribution in [2.45, 2.75) is 6.42 Å². The Balaban J connectivity index is 1.49. The van der Waals surface area contributed by atoms with Gasteiger partial charge in [0.25, 0.3) is 0 Å². The standard InChI is InChI=1S/C19H19N3OS/c1-22-17-10-6-5-9-16(17)20-19(22)21-18(23)12-14-24-13-11-15-7-3-2-4-8-15/h2-11,13H,12,14H2,1H3,(H,20,21,23)/b13-11-. The molecule has 1 heterocycles. The van der Waals surface area contributed by atoms with Crippen LogP contribution in [0.3, 0.4) is 0 Å². The van der Waals surface area contributed by atoms with Crippen molar-refractivity contribution < 1.29 is 4.79 Å². The molecule has 0 saturated carbocycles.